The normalized spacial score (nSPS) is 19.0. The lowest BCUT2D eigenvalue weighted by Crippen LogP contribution is -2.40. The van der Waals surface area contributed by atoms with Crippen LogP contribution in [0.25, 0.3) is 0 Å². The smallest absolute Gasteiger partial charge is 0.227 e. The van der Waals surface area contributed by atoms with E-state index in [1.54, 1.807) is 4.90 Å². The van der Waals surface area contributed by atoms with Gasteiger partial charge in [0.1, 0.15) is 11.6 Å². The largest absolute Gasteiger partial charge is 0.341 e. The number of piperidine rings is 1. The minimum absolute atomic E-state index is 0.0930. The van der Waals surface area contributed by atoms with Gasteiger partial charge in [0, 0.05) is 19.2 Å². The average molecular weight is 264 g/mol. The number of halogens is 2. The molecule has 3 nitrogen and oxygen atoms in total. The number of benzene rings is 1. The van der Waals surface area contributed by atoms with E-state index in [-0.39, 0.29) is 23.8 Å². The molecule has 1 aliphatic rings. The van der Waals surface area contributed by atoms with Crippen LogP contribution < -0.4 is 0 Å². The van der Waals surface area contributed by atoms with Gasteiger partial charge in [-0.25, -0.2) is 8.78 Å². The monoisotopic (exact) mass is 264 g/mol. The molecule has 0 aromatic heterocycles. The topological polar surface area (TPSA) is 44.1 Å². The van der Waals surface area contributed by atoms with Gasteiger partial charge in [0.05, 0.1) is 18.4 Å². The number of amides is 1. The van der Waals surface area contributed by atoms with Gasteiger partial charge in [-0.3, -0.25) is 4.79 Å². The highest BCUT2D eigenvalue weighted by Crippen LogP contribution is 2.17. The van der Waals surface area contributed by atoms with E-state index >= 15 is 0 Å². The maximum Gasteiger partial charge on any atom is 0.227 e. The number of nitrogens with zero attached hydrogens (tertiary/aromatic N) is 2. The summed E-state index contributed by atoms with van der Waals surface area (Å²) in [7, 11) is 0. The van der Waals surface area contributed by atoms with E-state index in [1.165, 1.54) is 6.07 Å². The summed E-state index contributed by atoms with van der Waals surface area (Å²) in [5, 5.41) is 8.87. The molecule has 1 saturated heterocycles. The van der Waals surface area contributed by atoms with E-state index in [4.69, 9.17) is 5.26 Å². The maximum absolute atomic E-state index is 13.5. The first-order valence-electron chi connectivity index (χ1n) is 6.21. The first-order chi connectivity index (χ1) is 9.10. The molecule has 1 aliphatic heterocycles. The molecule has 1 amide bonds. The van der Waals surface area contributed by atoms with Crippen molar-refractivity contribution in [2.75, 3.05) is 13.1 Å². The summed E-state index contributed by atoms with van der Waals surface area (Å²) in [6, 6.07) is 5.35. The molecule has 0 unspecified atom stereocenters. The molecule has 0 radical (unpaired) electrons. The highest BCUT2D eigenvalue weighted by Gasteiger charge is 2.23. The van der Waals surface area contributed by atoms with Crippen LogP contribution in [0.2, 0.25) is 0 Å². The van der Waals surface area contributed by atoms with E-state index in [0.29, 0.717) is 13.1 Å². The highest BCUT2D eigenvalue weighted by atomic mass is 19.1. The number of carbonyl (C=O) groups is 1. The molecular weight excluding hydrogens is 250 g/mol. The summed E-state index contributed by atoms with van der Waals surface area (Å²) in [6.07, 6.45) is 1.49. The molecule has 0 aliphatic carbocycles. The van der Waals surface area contributed by atoms with Crippen LogP contribution >= 0.6 is 0 Å². The zero-order valence-corrected chi connectivity index (χ0v) is 10.4. The van der Waals surface area contributed by atoms with E-state index in [9.17, 15) is 13.6 Å². The number of nitriles is 1. The lowest BCUT2D eigenvalue weighted by molar-refractivity contribution is -0.131. The van der Waals surface area contributed by atoms with Crippen LogP contribution in [0, 0.1) is 28.9 Å². The lowest BCUT2D eigenvalue weighted by Gasteiger charge is -2.29. The Morgan fingerprint density at radius 3 is 2.95 bits per heavy atom. The Labute approximate surface area is 110 Å². The molecule has 0 saturated carbocycles. The number of likely N-dealkylation sites (tertiary alicyclic amines) is 1. The Morgan fingerprint density at radius 2 is 2.26 bits per heavy atom. The Kier molecular flexibility index (Phi) is 4.10. The van der Waals surface area contributed by atoms with Crippen LogP contribution in [-0.4, -0.2) is 23.9 Å². The summed E-state index contributed by atoms with van der Waals surface area (Å²) in [5.74, 6) is -1.72. The molecular formula is C14H14F2N2O. The second kappa shape index (κ2) is 5.79. The van der Waals surface area contributed by atoms with Crippen molar-refractivity contribution in [3.05, 3.63) is 35.4 Å². The lowest BCUT2D eigenvalue weighted by atomic mass is 9.99. The molecule has 100 valence electrons. The predicted octanol–water partition coefficient (Wildman–Crippen LogP) is 2.27. The second-order valence-corrected chi connectivity index (χ2v) is 4.72. The Hall–Kier alpha value is -1.96. The van der Waals surface area contributed by atoms with Gasteiger partial charge in [0.15, 0.2) is 0 Å². The molecule has 1 atom stereocenters. The summed E-state index contributed by atoms with van der Waals surface area (Å²) >= 11 is 0. The van der Waals surface area contributed by atoms with E-state index in [1.807, 2.05) is 0 Å². The Balaban J connectivity index is 2.02. The number of carbonyl (C=O) groups excluding carboxylic acids is 1. The molecule has 19 heavy (non-hydrogen) atoms. The Morgan fingerprint density at radius 1 is 1.47 bits per heavy atom. The van der Waals surface area contributed by atoms with Crippen molar-refractivity contribution in [1.82, 2.24) is 4.90 Å². The van der Waals surface area contributed by atoms with E-state index in [2.05, 4.69) is 6.07 Å². The summed E-state index contributed by atoms with van der Waals surface area (Å²) in [5.41, 5.74) is 0.186. The van der Waals surface area contributed by atoms with Crippen LogP contribution in [-0.2, 0) is 11.2 Å². The molecule has 0 N–H and O–H groups in total. The van der Waals surface area contributed by atoms with Crippen molar-refractivity contribution in [1.29, 1.82) is 5.26 Å². The fourth-order valence-electron chi connectivity index (χ4n) is 2.25. The molecule has 1 aromatic rings. The van der Waals surface area contributed by atoms with Gasteiger partial charge >= 0.3 is 0 Å². The molecule has 1 aromatic carbocycles. The van der Waals surface area contributed by atoms with Crippen molar-refractivity contribution in [2.45, 2.75) is 19.3 Å². The van der Waals surface area contributed by atoms with Crippen LogP contribution in [0.15, 0.2) is 18.2 Å². The molecule has 0 spiro atoms. The first-order valence-corrected chi connectivity index (χ1v) is 6.21. The minimum atomic E-state index is -0.706. The van der Waals surface area contributed by atoms with Gasteiger partial charge in [-0.15, -0.1) is 0 Å². The van der Waals surface area contributed by atoms with Gasteiger partial charge in [-0.05, 0) is 24.5 Å². The molecule has 0 bridgehead atoms. The van der Waals surface area contributed by atoms with Crippen molar-refractivity contribution < 1.29 is 13.6 Å². The SMILES string of the molecule is N#C[C@@H]1CCCN(C(=O)Cc2ccc(F)cc2F)C1. The van der Waals surface area contributed by atoms with Crippen molar-refractivity contribution >= 4 is 5.91 Å². The van der Waals surface area contributed by atoms with Crippen LogP contribution in [0.4, 0.5) is 8.78 Å². The standard InChI is InChI=1S/C14H14F2N2O/c15-12-4-3-11(13(16)7-12)6-14(19)18-5-1-2-10(8-17)9-18/h3-4,7,10H,1-2,5-6,9H2/t10-/m0/s1. The van der Waals surface area contributed by atoms with Crippen LogP contribution in [0.5, 0.6) is 0 Å². The quantitative estimate of drug-likeness (QED) is 0.822. The Bertz CT molecular complexity index is 525. The zero-order valence-electron chi connectivity index (χ0n) is 10.4. The van der Waals surface area contributed by atoms with E-state index in [0.717, 1.165) is 25.0 Å². The fourth-order valence-corrected chi connectivity index (χ4v) is 2.25. The van der Waals surface area contributed by atoms with Crippen molar-refractivity contribution in [3.63, 3.8) is 0 Å². The summed E-state index contributed by atoms with van der Waals surface area (Å²) in [4.78, 5) is 13.6. The molecule has 5 heteroatoms. The summed E-state index contributed by atoms with van der Waals surface area (Å²) < 4.78 is 26.2. The fraction of sp³-hybridized carbons (Fsp3) is 0.429. The zero-order chi connectivity index (χ0) is 13.8. The van der Waals surface area contributed by atoms with Gasteiger partial charge in [0.2, 0.25) is 5.91 Å². The minimum Gasteiger partial charge on any atom is -0.341 e. The second-order valence-electron chi connectivity index (χ2n) is 4.72. The third kappa shape index (κ3) is 3.28. The molecule has 1 fully saturated rings. The van der Waals surface area contributed by atoms with Crippen LogP contribution in [0.1, 0.15) is 18.4 Å². The molecule has 2 rings (SSSR count). The van der Waals surface area contributed by atoms with Gasteiger partial charge < -0.3 is 4.90 Å². The highest BCUT2D eigenvalue weighted by molar-refractivity contribution is 5.79. The summed E-state index contributed by atoms with van der Waals surface area (Å²) in [6.45, 7) is 0.998. The average Bonchev–Trinajstić information content (AvgIpc) is 2.42. The third-order valence-corrected chi connectivity index (χ3v) is 3.31. The third-order valence-electron chi connectivity index (χ3n) is 3.31. The van der Waals surface area contributed by atoms with Gasteiger partial charge in [-0.2, -0.15) is 5.26 Å². The van der Waals surface area contributed by atoms with Crippen LogP contribution in [0.3, 0.4) is 0 Å². The van der Waals surface area contributed by atoms with Crippen molar-refractivity contribution in [2.24, 2.45) is 5.92 Å². The van der Waals surface area contributed by atoms with E-state index < -0.39 is 11.6 Å². The van der Waals surface area contributed by atoms with Crippen molar-refractivity contribution in [3.8, 4) is 6.07 Å². The first kappa shape index (κ1) is 13.5. The predicted molar refractivity (Wildman–Crippen MR) is 65.0 cm³/mol. The number of hydrogen-bond donors (Lipinski definition) is 0. The van der Waals surface area contributed by atoms with Gasteiger partial charge in [0.25, 0.3) is 0 Å². The molecule has 1 heterocycles. The van der Waals surface area contributed by atoms with Gasteiger partial charge in [-0.1, -0.05) is 6.07 Å². The number of hydrogen-bond acceptors (Lipinski definition) is 2. The number of rotatable bonds is 2. The maximum atomic E-state index is 13.5.